The van der Waals surface area contributed by atoms with Crippen LogP contribution in [0.2, 0.25) is 0 Å². The molecule has 0 heterocycles. The molecule has 1 N–H and O–H groups in total. The van der Waals surface area contributed by atoms with Crippen molar-refractivity contribution >= 4 is 43.5 Å². The Morgan fingerprint density at radius 2 is 1.54 bits per heavy atom. The average molecular weight is 613 g/mol. The molecule has 3 aromatic carbocycles. The number of carbonyl (C=O) groups is 2. The van der Waals surface area contributed by atoms with Crippen LogP contribution in [0.1, 0.15) is 36.8 Å². The SMILES string of the molecule is CS(=O)(=O)N(CC(=O)N(Cc1cccc(Br)c1)[C@@H](Cc1ccccc1)C(=O)NC1CCCC1)c1ccccc1. The second-order valence-corrected chi connectivity index (χ2v) is 12.8. The van der Waals surface area contributed by atoms with Crippen molar-refractivity contribution in [3.05, 3.63) is 101 Å². The van der Waals surface area contributed by atoms with Crippen LogP contribution in [0.15, 0.2) is 89.4 Å². The fourth-order valence-electron chi connectivity index (χ4n) is 4.96. The highest BCUT2D eigenvalue weighted by molar-refractivity contribution is 9.10. The molecule has 3 aromatic rings. The zero-order valence-corrected chi connectivity index (χ0v) is 24.4. The van der Waals surface area contributed by atoms with Gasteiger partial charge in [0.2, 0.25) is 21.8 Å². The van der Waals surface area contributed by atoms with Gasteiger partial charge in [0.05, 0.1) is 11.9 Å². The summed E-state index contributed by atoms with van der Waals surface area (Å²) in [7, 11) is -3.77. The molecule has 1 aliphatic carbocycles. The van der Waals surface area contributed by atoms with Crippen LogP contribution in [-0.4, -0.2) is 50.0 Å². The van der Waals surface area contributed by atoms with Crippen molar-refractivity contribution < 1.29 is 18.0 Å². The van der Waals surface area contributed by atoms with Crippen LogP contribution in [-0.2, 0) is 32.6 Å². The Morgan fingerprint density at radius 1 is 0.923 bits per heavy atom. The van der Waals surface area contributed by atoms with E-state index in [9.17, 15) is 18.0 Å². The summed E-state index contributed by atoms with van der Waals surface area (Å²) in [5, 5.41) is 3.17. The van der Waals surface area contributed by atoms with Gasteiger partial charge in [-0.15, -0.1) is 0 Å². The number of nitrogens with one attached hydrogen (secondary N) is 1. The van der Waals surface area contributed by atoms with Gasteiger partial charge in [0.15, 0.2) is 0 Å². The van der Waals surface area contributed by atoms with E-state index in [4.69, 9.17) is 0 Å². The van der Waals surface area contributed by atoms with Gasteiger partial charge in [-0.3, -0.25) is 13.9 Å². The lowest BCUT2D eigenvalue weighted by molar-refractivity contribution is -0.140. The summed E-state index contributed by atoms with van der Waals surface area (Å²) < 4.78 is 27.5. The molecule has 2 amide bonds. The van der Waals surface area contributed by atoms with Crippen molar-refractivity contribution in [2.75, 3.05) is 17.1 Å². The highest BCUT2D eigenvalue weighted by atomic mass is 79.9. The molecule has 1 fully saturated rings. The van der Waals surface area contributed by atoms with Crippen LogP contribution in [0.4, 0.5) is 5.69 Å². The maximum absolute atomic E-state index is 14.1. The number of carbonyl (C=O) groups excluding carboxylic acids is 2. The van der Waals surface area contributed by atoms with E-state index in [1.165, 1.54) is 4.90 Å². The minimum Gasteiger partial charge on any atom is -0.352 e. The molecule has 0 saturated heterocycles. The number of hydrogen-bond acceptors (Lipinski definition) is 4. The molecule has 7 nitrogen and oxygen atoms in total. The lowest BCUT2D eigenvalue weighted by Gasteiger charge is -2.34. The molecule has 0 bridgehead atoms. The molecule has 9 heteroatoms. The van der Waals surface area contributed by atoms with Gasteiger partial charge in [0, 0.05) is 23.5 Å². The third-order valence-electron chi connectivity index (χ3n) is 6.94. The number of sulfonamides is 1. The zero-order valence-electron chi connectivity index (χ0n) is 22.0. The van der Waals surface area contributed by atoms with Crippen molar-refractivity contribution in [2.45, 2.75) is 50.7 Å². The van der Waals surface area contributed by atoms with Crippen molar-refractivity contribution in [3.63, 3.8) is 0 Å². The van der Waals surface area contributed by atoms with Crippen LogP contribution in [0, 0.1) is 0 Å². The molecule has 1 atom stereocenters. The number of rotatable bonds is 11. The molecule has 0 aromatic heterocycles. The van der Waals surface area contributed by atoms with Crippen molar-refractivity contribution in [3.8, 4) is 0 Å². The largest absolute Gasteiger partial charge is 0.352 e. The van der Waals surface area contributed by atoms with E-state index >= 15 is 0 Å². The van der Waals surface area contributed by atoms with Crippen molar-refractivity contribution in [1.29, 1.82) is 0 Å². The van der Waals surface area contributed by atoms with Gasteiger partial charge in [-0.1, -0.05) is 89.4 Å². The topological polar surface area (TPSA) is 86.8 Å². The maximum Gasteiger partial charge on any atom is 0.244 e. The number of benzene rings is 3. The van der Waals surface area contributed by atoms with Gasteiger partial charge in [0.1, 0.15) is 12.6 Å². The van der Waals surface area contributed by atoms with Gasteiger partial charge in [-0.05, 0) is 48.2 Å². The van der Waals surface area contributed by atoms with Gasteiger partial charge in [-0.25, -0.2) is 8.42 Å². The van der Waals surface area contributed by atoms with Gasteiger partial charge in [0.25, 0.3) is 0 Å². The molecule has 1 saturated carbocycles. The van der Waals surface area contributed by atoms with Crippen LogP contribution >= 0.6 is 15.9 Å². The second kappa shape index (κ2) is 13.3. The van der Waals surface area contributed by atoms with E-state index < -0.39 is 28.5 Å². The normalized spacial score (nSPS) is 14.5. The average Bonchev–Trinajstić information content (AvgIpc) is 3.42. The Labute approximate surface area is 239 Å². The second-order valence-electron chi connectivity index (χ2n) is 9.95. The molecular weight excluding hydrogens is 578 g/mol. The minimum atomic E-state index is -3.77. The molecule has 206 valence electrons. The summed E-state index contributed by atoms with van der Waals surface area (Å²) in [6.07, 6.45) is 5.35. The maximum atomic E-state index is 14.1. The fourth-order valence-corrected chi connectivity index (χ4v) is 6.26. The van der Waals surface area contributed by atoms with E-state index in [1.54, 1.807) is 30.3 Å². The van der Waals surface area contributed by atoms with Gasteiger partial charge >= 0.3 is 0 Å². The first kappa shape index (κ1) is 28.8. The Balaban J connectivity index is 1.71. The first-order valence-corrected chi connectivity index (χ1v) is 15.8. The molecule has 4 rings (SSSR count). The third kappa shape index (κ3) is 8.16. The Kier molecular flexibility index (Phi) is 9.80. The first-order chi connectivity index (χ1) is 18.7. The smallest absolute Gasteiger partial charge is 0.244 e. The Morgan fingerprint density at radius 3 is 2.15 bits per heavy atom. The summed E-state index contributed by atoms with van der Waals surface area (Å²) in [6.45, 7) is -0.265. The first-order valence-electron chi connectivity index (χ1n) is 13.1. The Hall–Kier alpha value is -3.17. The monoisotopic (exact) mass is 611 g/mol. The van der Waals surface area contributed by atoms with Crippen LogP contribution < -0.4 is 9.62 Å². The van der Waals surface area contributed by atoms with E-state index in [-0.39, 0.29) is 18.5 Å². The van der Waals surface area contributed by atoms with E-state index in [0.717, 1.165) is 51.8 Å². The van der Waals surface area contributed by atoms with Gasteiger partial charge < -0.3 is 10.2 Å². The number of para-hydroxylation sites is 1. The van der Waals surface area contributed by atoms with Crippen LogP contribution in [0.5, 0.6) is 0 Å². The van der Waals surface area contributed by atoms with Gasteiger partial charge in [-0.2, -0.15) is 0 Å². The van der Waals surface area contributed by atoms with E-state index in [2.05, 4.69) is 21.2 Å². The van der Waals surface area contributed by atoms with E-state index in [1.807, 2.05) is 54.6 Å². The minimum absolute atomic E-state index is 0.0791. The molecule has 39 heavy (non-hydrogen) atoms. The number of hydrogen-bond donors (Lipinski definition) is 1. The summed E-state index contributed by atoms with van der Waals surface area (Å²) in [4.78, 5) is 29.4. The highest BCUT2D eigenvalue weighted by Gasteiger charge is 2.34. The van der Waals surface area contributed by atoms with Crippen molar-refractivity contribution in [2.24, 2.45) is 0 Å². The predicted octanol–water partition coefficient (Wildman–Crippen LogP) is 4.91. The molecule has 0 spiro atoms. The summed E-state index contributed by atoms with van der Waals surface area (Å²) in [5.74, 6) is -0.675. The zero-order chi connectivity index (χ0) is 27.8. The lowest BCUT2D eigenvalue weighted by atomic mass is 10.0. The molecule has 1 aliphatic rings. The number of anilines is 1. The number of halogens is 1. The quantitative estimate of drug-likeness (QED) is 0.334. The highest BCUT2D eigenvalue weighted by Crippen LogP contribution is 2.23. The standard InChI is InChI=1S/C30H34BrN3O4S/c1-39(37,38)34(27-17-6-3-7-18-27)22-29(35)33(21-24-13-10-14-25(31)19-24)28(20-23-11-4-2-5-12-23)30(36)32-26-15-8-9-16-26/h2-7,10-14,17-19,26,28H,8-9,15-16,20-22H2,1H3,(H,32,36)/t28-/m0/s1. The number of amides is 2. The molecular formula is C30H34BrN3O4S. The lowest BCUT2D eigenvalue weighted by Crippen LogP contribution is -2.54. The fraction of sp³-hybridized carbons (Fsp3) is 0.333. The summed E-state index contributed by atoms with van der Waals surface area (Å²) in [5.41, 5.74) is 2.14. The van der Waals surface area contributed by atoms with E-state index in [0.29, 0.717) is 12.1 Å². The molecule has 0 radical (unpaired) electrons. The molecule has 0 aliphatic heterocycles. The third-order valence-corrected chi connectivity index (χ3v) is 8.57. The van der Waals surface area contributed by atoms with Crippen LogP contribution in [0.3, 0.4) is 0 Å². The van der Waals surface area contributed by atoms with Crippen molar-refractivity contribution in [1.82, 2.24) is 10.2 Å². The number of nitrogens with zero attached hydrogens (tertiary/aromatic N) is 2. The summed E-state index contributed by atoms with van der Waals surface area (Å²) in [6, 6.07) is 25.0. The van der Waals surface area contributed by atoms with Crippen LogP contribution in [0.25, 0.3) is 0 Å². The Bertz CT molecular complexity index is 1360. The predicted molar refractivity (Wildman–Crippen MR) is 158 cm³/mol. The summed E-state index contributed by atoms with van der Waals surface area (Å²) >= 11 is 3.49. The molecule has 0 unspecified atom stereocenters.